The van der Waals surface area contributed by atoms with Crippen molar-refractivity contribution in [3.8, 4) is 17.2 Å². The Hall–Kier alpha value is -2.56. The highest BCUT2D eigenvalue weighted by atomic mass is 16.6. The second kappa shape index (κ2) is 4.48. The molecule has 0 bridgehead atoms. The molecule has 3 heterocycles. The molecule has 5 heteroatoms. The van der Waals surface area contributed by atoms with Gasteiger partial charge in [-0.15, -0.1) is 0 Å². The van der Waals surface area contributed by atoms with Gasteiger partial charge in [-0.2, -0.15) is 0 Å². The molecule has 0 aliphatic carbocycles. The molecule has 0 amide bonds. The van der Waals surface area contributed by atoms with Crippen LogP contribution < -0.4 is 9.47 Å². The molecule has 1 aromatic carbocycles. The fraction of sp³-hybridized carbons (Fsp3) is 0.250. The quantitative estimate of drug-likeness (QED) is 0.688. The first-order valence-electron chi connectivity index (χ1n) is 6.94. The minimum Gasteiger partial charge on any atom is -0.486 e. The van der Waals surface area contributed by atoms with E-state index in [0.29, 0.717) is 13.2 Å². The number of imidazole rings is 1. The molecule has 0 spiro atoms. The maximum Gasteiger partial charge on any atom is 0.164 e. The predicted molar refractivity (Wildman–Crippen MR) is 79.3 cm³/mol. The minimum absolute atomic E-state index is 0.581. The van der Waals surface area contributed by atoms with Crippen LogP contribution in [0.25, 0.3) is 16.9 Å². The van der Waals surface area contributed by atoms with E-state index >= 15 is 0 Å². The van der Waals surface area contributed by atoms with Gasteiger partial charge >= 0.3 is 0 Å². The van der Waals surface area contributed by atoms with Gasteiger partial charge in [0, 0.05) is 12.3 Å². The fourth-order valence-corrected chi connectivity index (χ4v) is 2.66. The van der Waals surface area contributed by atoms with Crippen molar-refractivity contribution in [2.45, 2.75) is 13.8 Å². The van der Waals surface area contributed by atoms with Gasteiger partial charge in [0.05, 0.1) is 5.69 Å². The summed E-state index contributed by atoms with van der Waals surface area (Å²) in [7, 11) is 0. The molecule has 0 unspecified atom stereocenters. The van der Waals surface area contributed by atoms with E-state index in [0.717, 1.165) is 39.7 Å². The number of aryl methyl sites for hydroxylation is 2. The van der Waals surface area contributed by atoms with Gasteiger partial charge in [-0.1, -0.05) is 0 Å². The third kappa shape index (κ3) is 1.93. The molecular formula is C16H15N3O2. The van der Waals surface area contributed by atoms with Crippen molar-refractivity contribution in [1.82, 2.24) is 14.5 Å². The van der Waals surface area contributed by atoms with Crippen LogP contribution >= 0.6 is 0 Å². The first kappa shape index (κ1) is 12.2. The summed E-state index contributed by atoms with van der Waals surface area (Å²) in [5.74, 6) is 2.46. The van der Waals surface area contributed by atoms with E-state index in [1.165, 1.54) is 0 Å². The number of hydrogen-bond donors (Lipinski definition) is 0. The lowest BCUT2D eigenvalue weighted by atomic mass is 10.2. The minimum atomic E-state index is 0.581. The van der Waals surface area contributed by atoms with Gasteiger partial charge in [0.25, 0.3) is 0 Å². The molecule has 4 rings (SSSR count). The van der Waals surface area contributed by atoms with E-state index in [1.54, 1.807) is 0 Å². The van der Waals surface area contributed by atoms with Crippen LogP contribution in [0.2, 0.25) is 0 Å². The number of aromatic nitrogens is 3. The molecule has 106 valence electrons. The van der Waals surface area contributed by atoms with Gasteiger partial charge in [-0.25, -0.2) is 9.97 Å². The van der Waals surface area contributed by atoms with Gasteiger partial charge in [0.1, 0.15) is 24.6 Å². The standard InChI is InChI=1S/C16H15N3O2/c1-10-7-13-16(17-9-10)19(11(2)18-13)12-3-4-14-15(8-12)21-6-5-20-14/h3-4,7-9H,5-6H2,1-2H3. The summed E-state index contributed by atoms with van der Waals surface area (Å²) in [6.07, 6.45) is 1.86. The molecule has 0 saturated heterocycles. The Kier molecular flexibility index (Phi) is 2.60. The molecule has 1 aliphatic heterocycles. The van der Waals surface area contributed by atoms with Crippen LogP contribution in [0, 0.1) is 13.8 Å². The van der Waals surface area contributed by atoms with Crippen LogP contribution in [0.15, 0.2) is 30.5 Å². The van der Waals surface area contributed by atoms with Crippen molar-refractivity contribution < 1.29 is 9.47 Å². The highest BCUT2D eigenvalue weighted by Gasteiger charge is 2.15. The van der Waals surface area contributed by atoms with Gasteiger partial charge < -0.3 is 9.47 Å². The average Bonchev–Trinajstić information content (AvgIpc) is 2.81. The van der Waals surface area contributed by atoms with Crippen molar-refractivity contribution in [2.75, 3.05) is 13.2 Å². The van der Waals surface area contributed by atoms with Gasteiger partial charge in [-0.3, -0.25) is 4.57 Å². The smallest absolute Gasteiger partial charge is 0.164 e. The Morgan fingerprint density at radius 3 is 2.71 bits per heavy atom. The molecule has 1 aliphatic rings. The lowest BCUT2D eigenvalue weighted by molar-refractivity contribution is 0.171. The molecule has 0 N–H and O–H groups in total. The zero-order valence-electron chi connectivity index (χ0n) is 12.0. The highest BCUT2D eigenvalue weighted by Crippen LogP contribution is 2.33. The van der Waals surface area contributed by atoms with E-state index in [4.69, 9.17) is 9.47 Å². The van der Waals surface area contributed by atoms with Crippen LogP contribution in [-0.2, 0) is 0 Å². The molecule has 0 saturated carbocycles. The largest absolute Gasteiger partial charge is 0.486 e. The molecule has 0 atom stereocenters. The van der Waals surface area contributed by atoms with E-state index in [2.05, 4.69) is 9.97 Å². The number of hydrogen-bond acceptors (Lipinski definition) is 4. The zero-order valence-corrected chi connectivity index (χ0v) is 12.0. The maximum absolute atomic E-state index is 5.65. The lowest BCUT2D eigenvalue weighted by Gasteiger charge is -2.19. The van der Waals surface area contributed by atoms with Crippen molar-refractivity contribution in [3.05, 3.63) is 41.9 Å². The zero-order chi connectivity index (χ0) is 14.4. The summed E-state index contributed by atoms with van der Waals surface area (Å²) in [4.78, 5) is 9.11. The molecular weight excluding hydrogens is 266 g/mol. The maximum atomic E-state index is 5.65. The Morgan fingerprint density at radius 2 is 1.86 bits per heavy atom. The van der Waals surface area contributed by atoms with Crippen LogP contribution in [-0.4, -0.2) is 27.7 Å². The lowest BCUT2D eigenvalue weighted by Crippen LogP contribution is -2.15. The molecule has 5 nitrogen and oxygen atoms in total. The number of pyridine rings is 1. The molecule has 21 heavy (non-hydrogen) atoms. The highest BCUT2D eigenvalue weighted by molar-refractivity contribution is 5.75. The second-order valence-corrected chi connectivity index (χ2v) is 5.18. The normalized spacial score (nSPS) is 13.6. The summed E-state index contributed by atoms with van der Waals surface area (Å²) >= 11 is 0. The summed E-state index contributed by atoms with van der Waals surface area (Å²) in [5, 5.41) is 0. The Balaban J connectivity index is 1.92. The Morgan fingerprint density at radius 1 is 1.05 bits per heavy atom. The van der Waals surface area contributed by atoms with Crippen LogP contribution in [0.3, 0.4) is 0 Å². The van der Waals surface area contributed by atoms with E-state index in [1.807, 2.05) is 48.9 Å². The van der Waals surface area contributed by atoms with Gasteiger partial charge in [0.2, 0.25) is 0 Å². The van der Waals surface area contributed by atoms with Crippen molar-refractivity contribution >= 4 is 11.2 Å². The number of rotatable bonds is 1. The second-order valence-electron chi connectivity index (χ2n) is 5.18. The molecule has 3 aromatic rings. The first-order chi connectivity index (χ1) is 10.2. The fourth-order valence-electron chi connectivity index (χ4n) is 2.66. The Bertz CT molecular complexity index is 839. The monoisotopic (exact) mass is 281 g/mol. The van der Waals surface area contributed by atoms with E-state index in [9.17, 15) is 0 Å². The summed E-state index contributed by atoms with van der Waals surface area (Å²) in [6, 6.07) is 7.96. The van der Waals surface area contributed by atoms with Crippen LogP contribution in [0.5, 0.6) is 11.5 Å². The number of ether oxygens (including phenoxy) is 2. The number of benzene rings is 1. The van der Waals surface area contributed by atoms with Crippen LogP contribution in [0.1, 0.15) is 11.4 Å². The Labute approximate surface area is 122 Å². The van der Waals surface area contributed by atoms with Gasteiger partial charge in [-0.05, 0) is 37.6 Å². The SMILES string of the molecule is Cc1cnc2c(c1)nc(C)n2-c1ccc2c(c1)OCCO2. The third-order valence-electron chi connectivity index (χ3n) is 3.59. The van der Waals surface area contributed by atoms with E-state index < -0.39 is 0 Å². The summed E-state index contributed by atoms with van der Waals surface area (Å²) < 4.78 is 13.3. The van der Waals surface area contributed by atoms with Crippen LogP contribution in [0.4, 0.5) is 0 Å². The van der Waals surface area contributed by atoms with Crippen molar-refractivity contribution in [3.63, 3.8) is 0 Å². The van der Waals surface area contributed by atoms with Gasteiger partial charge in [0.15, 0.2) is 17.1 Å². The molecule has 0 radical (unpaired) electrons. The summed E-state index contributed by atoms with van der Waals surface area (Å²) in [6.45, 7) is 5.18. The van der Waals surface area contributed by atoms with Crippen molar-refractivity contribution in [2.24, 2.45) is 0 Å². The van der Waals surface area contributed by atoms with E-state index in [-0.39, 0.29) is 0 Å². The van der Waals surface area contributed by atoms with Crippen molar-refractivity contribution in [1.29, 1.82) is 0 Å². The predicted octanol–water partition coefficient (Wildman–Crippen LogP) is 2.81. The molecule has 0 fully saturated rings. The first-order valence-corrected chi connectivity index (χ1v) is 6.94. The number of nitrogens with zero attached hydrogens (tertiary/aromatic N) is 3. The average molecular weight is 281 g/mol. The topological polar surface area (TPSA) is 49.2 Å². The summed E-state index contributed by atoms with van der Waals surface area (Å²) in [5.41, 5.74) is 3.85. The number of fused-ring (bicyclic) bond motifs is 2. The molecule has 2 aromatic heterocycles. The third-order valence-corrected chi connectivity index (χ3v) is 3.59.